The molecule has 3 nitrogen and oxygen atoms in total. The van der Waals surface area contributed by atoms with E-state index in [1.165, 1.54) is 44.9 Å². The summed E-state index contributed by atoms with van der Waals surface area (Å²) in [5.74, 6) is 2.19. The second-order valence-corrected chi connectivity index (χ2v) is 13.4. The van der Waals surface area contributed by atoms with Crippen molar-refractivity contribution < 1.29 is 14.3 Å². The molecule has 0 aromatic heterocycles. The van der Waals surface area contributed by atoms with Crippen LogP contribution in [0.2, 0.25) is 0 Å². The molecule has 0 aromatic rings. The molecule has 3 heteroatoms. The molecule has 2 bridgehead atoms. The predicted molar refractivity (Wildman–Crippen MR) is 112 cm³/mol. The zero-order valence-electron chi connectivity index (χ0n) is 19.2. The largest absolute Gasteiger partial charge is 0.462 e. The smallest absolute Gasteiger partial charge is 0.306 e. The lowest BCUT2D eigenvalue weighted by Gasteiger charge is -2.70. The minimum atomic E-state index is 0.0501. The number of esters is 1. The van der Waals surface area contributed by atoms with Gasteiger partial charge in [-0.05, 0) is 90.8 Å². The van der Waals surface area contributed by atoms with Gasteiger partial charge < -0.3 is 9.47 Å². The second kappa shape index (κ2) is 5.43. The van der Waals surface area contributed by atoms with Crippen molar-refractivity contribution in [2.75, 3.05) is 6.61 Å². The van der Waals surface area contributed by atoms with E-state index in [-0.39, 0.29) is 17.5 Å². The van der Waals surface area contributed by atoms with Gasteiger partial charge in [-0.2, -0.15) is 0 Å². The van der Waals surface area contributed by atoms with Gasteiger partial charge in [0.15, 0.2) is 0 Å². The van der Waals surface area contributed by atoms with E-state index in [1.54, 1.807) is 0 Å². The summed E-state index contributed by atoms with van der Waals surface area (Å²) in [7, 11) is 0. The Labute approximate surface area is 176 Å². The SMILES string of the molecule is CC1(C)CC[C@]23CC[C@]4(C)[C@H](CC[C@@H]5[C@@]6(C)CC(=O)O[C@@H]6CC[C@]54C)[C@@H]2[C@H]1OC3. The normalized spacial score (nSPS) is 59.9. The van der Waals surface area contributed by atoms with Gasteiger partial charge in [-0.15, -0.1) is 0 Å². The van der Waals surface area contributed by atoms with E-state index >= 15 is 0 Å². The number of ether oxygens (including phenoxy) is 2. The maximum atomic E-state index is 12.3. The van der Waals surface area contributed by atoms with Crippen LogP contribution in [0.25, 0.3) is 0 Å². The van der Waals surface area contributed by atoms with Gasteiger partial charge in [-0.3, -0.25) is 4.79 Å². The molecule has 0 unspecified atom stereocenters. The van der Waals surface area contributed by atoms with Crippen LogP contribution in [0.5, 0.6) is 0 Å². The minimum absolute atomic E-state index is 0.0501. The second-order valence-electron chi connectivity index (χ2n) is 13.4. The molecule has 2 saturated heterocycles. The Balaban J connectivity index is 1.41. The molecule has 0 radical (unpaired) electrons. The number of hydrogen-bond acceptors (Lipinski definition) is 3. The Morgan fingerprint density at radius 1 is 0.862 bits per heavy atom. The topological polar surface area (TPSA) is 35.5 Å². The number of fused-ring (bicyclic) bond motifs is 5. The van der Waals surface area contributed by atoms with Crippen molar-refractivity contribution in [3.05, 3.63) is 0 Å². The van der Waals surface area contributed by atoms with Crippen LogP contribution < -0.4 is 0 Å². The lowest BCUT2D eigenvalue weighted by atomic mass is 9.34. The number of carbonyl (C=O) groups is 1. The maximum Gasteiger partial charge on any atom is 0.306 e. The lowest BCUT2D eigenvalue weighted by molar-refractivity contribution is -0.225. The maximum absolute atomic E-state index is 12.3. The highest BCUT2D eigenvalue weighted by atomic mass is 16.6. The first-order valence-corrected chi connectivity index (χ1v) is 12.4. The van der Waals surface area contributed by atoms with Gasteiger partial charge >= 0.3 is 5.97 Å². The van der Waals surface area contributed by atoms with Gasteiger partial charge in [0.25, 0.3) is 0 Å². The van der Waals surface area contributed by atoms with Crippen LogP contribution >= 0.6 is 0 Å². The standard InChI is InChI=1S/C26H40O3/c1-22(2)10-12-26-13-11-24(4)16(20(26)21(22)28-15-26)6-7-17-23(3)14-19(27)29-18(23)8-9-25(17,24)5/h16-18,20-21H,6-15H2,1-5H3/t16-,17-,18-,20-,21-,23-,24-,25-,26-/m1/s1. The highest BCUT2D eigenvalue weighted by Crippen LogP contribution is 2.76. The van der Waals surface area contributed by atoms with E-state index < -0.39 is 0 Å². The van der Waals surface area contributed by atoms with Gasteiger partial charge in [0.1, 0.15) is 6.10 Å². The van der Waals surface area contributed by atoms with E-state index in [9.17, 15) is 4.79 Å². The van der Waals surface area contributed by atoms with Gasteiger partial charge in [-0.25, -0.2) is 0 Å². The summed E-state index contributed by atoms with van der Waals surface area (Å²) in [4.78, 5) is 12.3. The molecular formula is C26H40O3. The molecule has 4 aliphatic carbocycles. The molecule has 0 spiro atoms. The van der Waals surface area contributed by atoms with Crippen molar-refractivity contribution in [2.24, 2.45) is 44.8 Å². The molecule has 6 fully saturated rings. The molecule has 4 saturated carbocycles. The summed E-state index contributed by atoms with van der Waals surface area (Å²) in [5, 5.41) is 0. The molecule has 2 aliphatic heterocycles. The van der Waals surface area contributed by atoms with Crippen molar-refractivity contribution in [3.63, 3.8) is 0 Å². The Morgan fingerprint density at radius 2 is 1.62 bits per heavy atom. The Kier molecular flexibility index (Phi) is 3.58. The van der Waals surface area contributed by atoms with Crippen molar-refractivity contribution >= 4 is 5.97 Å². The van der Waals surface area contributed by atoms with Crippen molar-refractivity contribution in [1.82, 2.24) is 0 Å². The molecule has 2 heterocycles. The Bertz CT molecular complexity index is 759. The van der Waals surface area contributed by atoms with Crippen LogP contribution in [0.4, 0.5) is 0 Å². The van der Waals surface area contributed by atoms with E-state index in [0.29, 0.717) is 40.1 Å². The number of rotatable bonds is 0. The van der Waals surface area contributed by atoms with Crippen LogP contribution in [-0.2, 0) is 14.3 Å². The summed E-state index contributed by atoms with van der Waals surface area (Å²) in [5.41, 5.74) is 1.51. The van der Waals surface area contributed by atoms with E-state index in [4.69, 9.17) is 9.47 Å². The van der Waals surface area contributed by atoms with E-state index in [2.05, 4.69) is 34.6 Å². The zero-order valence-corrected chi connectivity index (χ0v) is 19.2. The molecular weight excluding hydrogens is 360 g/mol. The van der Waals surface area contributed by atoms with Crippen molar-refractivity contribution in [3.8, 4) is 0 Å². The van der Waals surface area contributed by atoms with Gasteiger partial charge in [-0.1, -0.05) is 34.6 Å². The predicted octanol–water partition coefficient (Wildman–Crippen LogP) is 5.76. The van der Waals surface area contributed by atoms with E-state index in [0.717, 1.165) is 24.9 Å². The summed E-state index contributed by atoms with van der Waals surface area (Å²) < 4.78 is 12.5. The molecule has 9 atom stereocenters. The first kappa shape index (κ1) is 19.1. The monoisotopic (exact) mass is 400 g/mol. The third-order valence-electron chi connectivity index (χ3n) is 12.1. The summed E-state index contributed by atoms with van der Waals surface area (Å²) in [6.45, 7) is 13.6. The fourth-order valence-electron chi connectivity index (χ4n) is 10.2. The van der Waals surface area contributed by atoms with Crippen molar-refractivity contribution in [2.45, 2.75) is 105 Å². The molecule has 162 valence electrons. The average Bonchev–Trinajstić information content (AvgIpc) is 3.14. The summed E-state index contributed by atoms with van der Waals surface area (Å²) in [6.07, 6.45) is 11.6. The first-order valence-electron chi connectivity index (χ1n) is 12.4. The van der Waals surface area contributed by atoms with Gasteiger partial charge in [0, 0.05) is 5.41 Å². The molecule has 0 aromatic carbocycles. The van der Waals surface area contributed by atoms with Crippen molar-refractivity contribution in [1.29, 1.82) is 0 Å². The average molecular weight is 401 g/mol. The molecule has 6 rings (SSSR count). The summed E-state index contributed by atoms with van der Waals surface area (Å²) >= 11 is 0. The highest BCUT2D eigenvalue weighted by molar-refractivity contribution is 5.73. The fourth-order valence-corrected chi connectivity index (χ4v) is 10.2. The Morgan fingerprint density at radius 3 is 2.41 bits per heavy atom. The lowest BCUT2D eigenvalue weighted by Crippen LogP contribution is -2.65. The number of hydrogen-bond donors (Lipinski definition) is 0. The minimum Gasteiger partial charge on any atom is -0.462 e. The highest BCUT2D eigenvalue weighted by Gasteiger charge is 2.72. The molecule has 29 heavy (non-hydrogen) atoms. The number of carbonyl (C=O) groups excluding carboxylic acids is 1. The van der Waals surface area contributed by atoms with Crippen LogP contribution in [0.1, 0.15) is 92.4 Å². The summed E-state index contributed by atoms with van der Waals surface area (Å²) in [6, 6.07) is 0. The zero-order chi connectivity index (χ0) is 20.4. The van der Waals surface area contributed by atoms with Crippen LogP contribution in [0, 0.1) is 44.8 Å². The molecule has 0 amide bonds. The quantitative estimate of drug-likeness (QED) is 0.485. The third-order valence-corrected chi connectivity index (χ3v) is 12.1. The van der Waals surface area contributed by atoms with E-state index in [1.807, 2.05) is 0 Å². The van der Waals surface area contributed by atoms with Crippen LogP contribution in [0.3, 0.4) is 0 Å². The molecule has 6 aliphatic rings. The van der Waals surface area contributed by atoms with Gasteiger partial charge in [0.05, 0.1) is 19.1 Å². The fraction of sp³-hybridized carbons (Fsp3) is 0.962. The van der Waals surface area contributed by atoms with Crippen LogP contribution in [0.15, 0.2) is 0 Å². The first-order chi connectivity index (χ1) is 13.6. The van der Waals surface area contributed by atoms with Crippen LogP contribution in [-0.4, -0.2) is 24.8 Å². The molecule has 0 N–H and O–H groups in total. The van der Waals surface area contributed by atoms with Gasteiger partial charge in [0.2, 0.25) is 0 Å². The Hall–Kier alpha value is -0.570. The third kappa shape index (κ3) is 2.08.